The highest BCUT2D eigenvalue weighted by molar-refractivity contribution is 4.94. The minimum absolute atomic E-state index is 0.394. The average Bonchev–Trinajstić information content (AvgIpc) is 2.94. The molecule has 3 heteroatoms. The van der Waals surface area contributed by atoms with E-state index in [1.54, 1.807) is 0 Å². The molecule has 1 aliphatic carbocycles. The molecule has 2 aliphatic rings. The zero-order chi connectivity index (χ0) is 9.97. The number of hydrogen-bond acceptors (Lipinski definition) is 3. The molecule has 2 rings (SSSR count). The monoisotopic (exact) mass is 193 g/mol. The van der Waals surface area contributed by atoms with Gasteiger partial charge in [-0.15, -0.1) is 0 Å². The highest BCUT2D eigenvalue weighted by atomic mass is 15.2. The fourth-order valence-corrected chi connectivity index (χ4v) is 2.32. The molecule has 0 aromatic carbocycles. The van der Waals surface area contributed by atoms with E-state index in [4.69, 9.17) is 5.26 Å². The van der Waals surface area contributed by atoms with Crippen LogP contribution in [-0.2, 0) is 0 Å². The van der Waals surface area contributed by atoms with E-state index in [0.29, 0.717) is 18.5 Å². The fraction of sp³-hybridized carbons (Fsp3) is 0.909. The molecular formula is C11H19N3. The topological polar surface area (TPSA) is 39.1 Å². The minimum atomic E-state index is 0.394. The number of nitriles is 1. The van der Waals surface area contributed by atoms with Crippen molar-refractivity contribution in [1.29, 1.82) is 5.26 Å². The van der Waals surface area contributed by atoms with Crippen LogP contribution in [0.2, 0.25) is 0 Å². The van der Waals surface area contributed by atoms with Gasteiger partial charge in [0.25, 0.3) is 0 Å². The zero-order valence-electron chi connectivity index (χ0n) is 8.87. The number of nitrogens with zero attached hydrogens (tertiary/aromatic N) is 2. The molecular weight excluding hydrogens is 174 g/mol. The summed E-state index contributed by atoms with van der Waals surface area (Å²) in [4.78, 5) is 2.60. The Hall–Kier alpha value is -0.590. The summed E-state index contributed by atoms with van der Waals surface area (Å²) in [6, 6.07) is 4.18. The smallest absolute Gasteiger partial charge is 0.0638 e. The van der Waals surface area contributed by atoms with Gasteiger partial charge >= 0.3 is 0 Å². The number of rotatable bonds is 2. The van der Waals surface area contributed by atoms with Crippen LogP contribution in [0, 0.1) is 11.3 Å². The van der Waals surface area contributed by atoms with E-state index in [1.807, 2.05) is 0 Å². The van der Waals surface area contributed by atoms with Crippen molar-refractivity contribution >= 4 is 0 Å². The fourth-order valence-electron chi connectivity index (χ4n) is 2.32. The summed E-state index contributed by atoms with van der Waals surface area (Å²) in [6.45, 7) is 4.45. The van der Waals surface area contributed by atoms with Crippen molar-refractivity contribution in [3.63, 3.8) is 0 Å². The summed E-state index contributed by atoms with van der Waals surface area (Å²) < 4.78 is 0. The van der Waals surface area contributed by atoms with E-state index in [2.05, 4.69) is 23.2 Å². The van der Waals surface area contributed by atoms with Gasteiger partial charge in [-0.2, -0.15) is 5.26 Å². The number of hydrogen-bond donors (Lipinski definition) is 1. The second-order valence-electron chi connectivity index (χ2n) is 4.58. The van der Waals surface area contributed by atoms with Crippen LogP contribution >= 0.6 is 0 Å². The number of nitrogens with one attached hydrogen (secondary N) is 1. The summed E-state index contributed by atoms with van der Waals surface area (Å²) >= 11 is 0. The Kier molecular flexibility index (Phi) is 3.05. The van der Waals surface area contributed by atoms with Gasteiger partial charge in [0.2, 0.25) is 0 Å². The van der Waals surface area contributed by atoms with Gasteiger partial charge in [-0.05, 0) is 32.7 Å². The Labute approximate surface area is 86.1 Å². The van der Waals surface area contributed by atoms with Crippen LogP contribution in [0.3, 0.4) is 0 Å². The molecule has 0 aromatic rings. The van der Waals surface area contributed by atoms with Gasteiger partial charge in [-0.3, -0.25) is 4.90 Å². The maximum absolute atomic E-state index is 8.71. The molecule has 2 atom stereocenters. The molecule has 1 heterocycles. The van der Waals surface area contributed by atoms with Crippen LogP contribution in [0.4, 0.5) is 0 Å². The molecule has 0 spiro atoms. The van der Waals surface area contributed by atoms with E-state index >= 15 is 0 Å². The van der Waals surface area contributed by atoms with Crippen molar-refractivity contribution in [3.8, 4) is 6.07 Å². The van der Waals surface area contributed by atoms with Crippen molar-refractivity contribution in [2.24, 2.45) is 0 Å². The maximum Gasteiger partial charge on any atom is 0.0638 e. The molecule has 1 saturated heterocycles. The van der Waals surface area contributed by atoms with Crippen molar-refractivity contribution < 1.29 is 0 Å². The Morgan fingerprint density at radius 1 is 1.43 bits per heavy atom. The van der Waals surface area contributed by atoms with Crippen LogP contribution in [0.25, 0.3) is 0 Å². The van der Waals surface area contributed by atoms with Crippen LogP contribution in [-0.4, -0.2) is 36.1 Å². The van der Waals surface area contributed by atoms with Crippen LogP contribution < -0.4 is 5.32 Å². The van der Waals surface area contributed by atoms with Crippen LogP contribution in [0.5, 0.6) is 0 Å². The summed E-state index contributed by atoms with van der Waals surface area (Å²) in [5, 5.41) is 12.2. The van der Waals surface area contributed by atoms with Crippen molar-refractivity contribution in [2.45, 2.75) is 50.7 Å². The van der Waals surface area contributed by atoms with E-state index in [1.165, 1.54) is 19.3 Å². The molecule has 1 N–H and O–H groups in total. The molecule has 0 amide bonds. The third-order valence-electron chi connectivity index (χ3n) is 3.35. The van der Waals surface area contributed by atoms with Gasteiger partial charge in [0.15, 0.2) is 0 Å². The van der Waals surface area contributed by atoms with E-state index in [0.717, 1.165) is 19.1 Å². The van der Waals surface area contributed by atoms with Gasteiger partial charge in [-0.25, -0.2) is 0 Å². The second kappa shape index (κ2) is 4.29. The Bertz CT molecular complexity index is 229. The molecule has 0 aromatic heterocycles. The summed E-state index contributed by atoms with van der Waals surface area (Å²) in [7, 11) is 0. The molecule has 1 aliphatic heterocycles. The first-order chi connectivity index (χ1) is 6.81. The second-order valence-corrected chi connectivity index (χ2v) is 4.58. The van der Waals surface area contributed by atoms with Crippen LogP contribution in [0.1, 0.15) is 32.6 Å². The molecule has 1 saturated carbocycles. The van der Waals surface area contributed by atoms with E-state index in [-0.39, 0.29) is 0 Å². The third kappa shape index (κ3) is 2.26. The lowest BCUT2D eigenvalue weighted by Gasteiger charge is -2.28. The highest BCUT2D eigenvalue weighted by Crippen LogP contribution is 2.30. The lowest BCUT2D eigenvalue weighted by molar-refractivity contribution is 0.195. The molecule has 78 valence electrons. The van der Waals surface area contributed by atoms with E-state index < -0.39 is 0 Å². The first kappa shape index (κ1) is 9.95. The van der Waals surface area contributed by atoms with Gasteiger partial charge in [0.05, 0.1) is 12.5 Å². The first-order valence-electron chi connectivity index (χ1n) is 5.67. The lowest BCUT2D eigenvalue weighted by Crippen LogP contribution is -2.41. The van der Waals surface area contributed by atoms with Gasteiger partial charge in [-0.1, -0.05) is 0 Å². The quantitative estimate of drug-likeness (QED) is 0.714. The van der Waals surface area contributed by atoms with Gasteiger partial charge in [0, 0.05) is 24.7 Å². The normalized spacial score (nSPS) is 34.9. The highest BCUT2D eigenvalue weighted by Gasteiger charge is 2.34. The lowest BCUT2D eigenvalue weighted by atomic mass is 10.2. The maximum atomic E-state index is 8.71. The van der Waals surface area contributed by atoms with Crippen molar-refractivity contribution in [3.05, 3.63) is 0 Å². The van der Waals surface area contributed by atoms with Crippen molar-refractivity contribution in [2.75, 3.05) is 13.1 Å². The Morgan fingerprint density at radius 2 is 2.21 bits per heavy atom. The predicted molar refractivity (Wildman–Crippen MR) is 55.8 cm³/mol. The molecule has 0 radical (unpaired) electrons. The molecule has 0 bridgehead atoms. The Balaban J connectivity index is 1.95. The molecule has 3 nitrogen and oxygen atoms in total. The molecule has 2 fully saturated rings. The van der Waals surface area contributed by atoms with Gasteiger partial charge in [0.1, 0.15) is 0 Å². The molecule has 14 heavy (non-hydrogen) atoms. The SMILES string of the molecule is CC1CCNC(CC#N)CN1C1CC1. The minimum Gasteiger partial charge on any atom is -0.312 e. The first-order valence-corrected chi connectivity index (χ1v) is 5.67. The summed E-state index contributed by atoms with van der Waals surface area (Å²) in [5.41, 5.74) is 0. The average molecular weight is 193 g/mol. The van der Waals surface area contributed by atoms with E-state index in [9.17, 15) is 0 Å². The third-order valence-corrected chi connectivity index (χ3v) is 3.35. The zero-order valence-corrected chi connectivity index (χ0v) is 8.87. The van der Waals surface area contributed by atoms with Gasteiger partial charge < -0.3 is 5.32 Å². The Morgan fingerprint density at radius 3 is 2.86 bits per heavy atom. The predicted octanol–water partition coefficient (Wildman–Crippen LogP) is 1.11. The summed E-state index contributed by atoms with van der Waals surface area (Å²) in [5.74, 6) is 0. The van der Waals surface area contributed by atoms with Crippen LogP contribution in [0.15, 0.2) is 0 Å². The standard InChI is InChI=1S/C11H19N3/c1-9-5-7-13-10(4-6-12)8-14(9)11-2-3-11/h9-11,13H,2-5,7-8H2,1H3. The molecule has 2 unspecified atom stereocenters. The summed E-state index contributed by atoms with van der Waals surface area (Å²) in [6.07, 6.45) is 4.60. The largest absolute Gasteiger partial charge is 0.312 e. The van der Waals surface area contributed by atoms with Crippen molar-refractivity contribution in [1.82, 2.24) is 10.2 Å².